The van der Waals surface area contributed by atoms with Crippen molar-refractivity contribution in [2.45, 2.75) is 32.6 Å². The Labute approximate surface area is 164 Å². The number of hydrogen-bond acceptors (Lipinski definition) is 3. The second kappa shape index (κ2) is 7.58. The van der Waals surface area contributed by atoms with Gasteiger partial charge in [-0.15, -0.1) is 0 Å². The average Bonchev–Trinajstić information content (AvgIpc) is 3.56. The molecule has 144 valence electrons. The number of halogens is 1. The summed E-state index contributed by atoms with van der Waals surface area (Å²) in [5, 5.41) is 14.1. The molecule has 2 aliphatic rings. The summed E-state index contributed by atoms with van der Waals surface area (Å²) in [5.41, 5.74) is 3.79. The molecule has 0 radical (unpaired) electrons. The molecule has 0 aliphatic heterocycles. The standard InChI is InChI=1S/C23H24FN3O/c1-14-4-2-3-5-18(14)23(28)26-17-10-11-21(19(24)12-17)27-22(16-8-9-16)13-20(25)15-6-7-15/h2-5,10-13,15-16,25,27H,6-9H2,1H3,(H,26,28)/b22-13-,25-20?. The highest BCUT2D eigenvalue weighted by molar-refractivity contribution is 6.05. The van der Waals surface area contributed by atoms with Crippen LogP contribution in [-0.2, 0) is 0 Å². The Balaban J connectivity index is 1.47. The van der Waals surface area contributed by atoms with Gasteiger partial charge in [-0.2, -0.15) is 0 Å². The van der Waals surface area contributed by atoms with Gasteiger partial charge in [-0.25, -0.2) is 4.39 Å². The topological polar surface area (TPSA) is 65.0 Å². The average molecular weight is 377 g/mol. The zero-order valence-corrected chi connectivity index (χ0v) is 15.9. The minimum absolute atomic E-state index is 0.255. The van der Waals surface area contributed by atoms with Crippen LogP contribution in [0.4, 0.5) is 15.8 Å². The fraction of sp³-hybridized carbons (Fsp3) is 0.304. The van der Waals surface area contributed by atoms with Crippen LogP contribution in [0.2, 0.25) is 0 Å². The summed E-state index contributed by atoms with van der Waals surface area (Å²) in [4.78, 5) is 12.4. The van der Waals surface area contributed by atoms with Crippen molar-refractivity contribution in [3.05, 3.63) is 71.2 Å². The highest BCUT2D eigenvalue weighted by atomic mass is 19.1. The number of amides is 1. The fourth-order valence-corrected chi connectivity index (χ4v) is 3.21. The van der Waals surface area contributed by atoms with Crippen LogP contribution in [-0.4, -0.2) is 11.6 Å². The molecular formula is C23H24FN3O. The molecule has 2 aromatic rings. The summed E-state index contributed by atoms with van der Waals surface area (Å²) < 4.78 is 14.6. The molecule has 4 nitrogen and oxygen atoms in total. The minimum Gasteiger partial charge on any atom is -0.356 e. The third-order valence-corrected chi connectivity index (χ3v) is 5.24. The zero-order chi connectivity index (χ0) is 19.7. The lowest BCUT2D eigenvalue weighted by Crippen LogP contribution is -2.13. The fourth-order valence-electron chi connectivity index (χ4n) is 3.21. The van der Waals surface area contributed by atoms with E-state index in [1.54, 1.807) is 24.3 Å². The molecule has 4 rings (SSSR count). The lowest BCUT2D eigenvalue weighted by molar-refractivity contribution is 0.102. The number of rotatable bonds is 7. The number of aryl methyl sites for hydroxylation is 1. The van der Waals surface area contributed by atoms with E-state index in [1.165, 1.54) is 6.07 Å². The van der Waals surface area contributed by atoms with Crippen molar-refractivity contribution in [2.75, 3.05) is 10.6 Å². The van der Waals surface area contributed by atoms with Crippen molar-refractivity contribution in [3.8, 4) is 0 Å². The highest BCUT2D eigenvalue weighted by Crippen LogP contribution is 2.39. The smallest absolute Gasteiger partial charge is 0.255 e. The van der Waals surface area contributed by atoms with Crippen LogP contribution in [0.15, 0.2) is 54.2 Å². The first-order valence-corrected chi connectivity index (χ1v) is 9.75. The maximum absolute atomic E-state index is 14.6. The third kappa shape index (κ3) is 4.30. The van der Waals surface area contributed by atoms with Crippen LogP contribution in [0.5, 0.6) is 0 Å². The molecule has 0 bridgehead atoms. The van der Waals surface area contributed by atoms with Gasteiger partial charge in [0.25, 0.3) is 5.91 Å². The zero-order valence-electron chi connectivity index (χ0n) is 15.9. The number of hydrogen-bond donors (Lipinski definition) is 3. The van der Waals surface area contributed by atoms with Crippen molar-refractivity contribution in [3.63, 3.8) is 0 Å². The maximum Gasteiger partial charge on any atom is 0.255 e. The SMILES string of the molecule is Cc1ccccc1C(=O)Nc1ccc(N/C(=C\C(=N)C2CC2)C2CC2)c(F)c1. The Morgan fingerprint density at radius 3 is 2.43 bits per heavy atom. The first-order valence-electron chi connectivity index (χ1n) is 9.75. The van der Waals surface area contributed by atoms with Crippen LogP contribution in [0, 0.1) is 30.0 Å². The van der Waals surface area contributed by atoms with Crippen molar-refractivity contribution in [1.29, 1.82) is 5.41 Å². The van der Waals surface area contributed by atoms with Gasteiger partial charge in [-0.05, 0) is 74.4 Å². The molecule has 0 spiro atoms. The lowest BCUT2D eigenvalue weighted by Gasteiger charge is -2.13. The van der Waals surface area contributed by atoms with Crippen molar-refractivity contribution < 1.29 is 9.18 Å². The minimum atomic E-state index is -0.424. The number of carbonyl (C=O) groups excluding carboxylic acids is 1. The molecule has 0 aromatic heterocycles. The number of nitrogens with one attached hydrogen (secondary N) is 3. The molecule has 3 N–H and O–H groups in total. The van der Waals surface area contributed by atoms with Gasteiger partial charge in [0.05, 0.1) is 5.69 Å². The van der Waals surface area contributed by atoms with E-state index < -0.39 is 5.82 Å². The van der Waals surface area contributed by atoms with Gasteiger partial charge in [0.2, 0.25) is 0 Å². The second-order valence-electron chi connectivity index (χ2n) is 7.69. The summed E-state index contributed by atoms with van der Waals surface area (Å²) in [6.07, 6.45) is 6.18. The summed E-state index contributed by atoms with van der Waals surface area (Å²) in [6.45, 7) is 1.87. The third-order valence-electron chi connectivity index (χ3n) is 5.24. The van der Waals surface area contributed by atoms with Crippen LogP contribution in [0.3, 0.4) is 0 Å². The lowest BCUT2D eigenvalue weighted by atomic mass is 10.1. The molecule has 1 amide bonds. The Morgan fingerprint density at radius 1 is 1.07 bits per heavy atom. The first-order chi connectivity index (χ1) is 13.5. The predicted molar refractivity (Wildman–Crippen MR) is 110 cm³/mol. The van der Waals surface area contributed by atoms with Crippen molar-refractivity contribution >= 4 is 23.0 Å². The van der Waals surface area contributed by atoms with E-state index in [-0.39, 0.29) is 5.91 Å². The Bertz CT molecular complexity index is 958. The molecule has 0 saturated heterocycles. The van der Waals surface area contributed by atoms with Crippen LogP contribution >= 0.6 is 0 Å². The van der Waals surface area contributed by atoms with Crippen LogP contribution in [0.1, 0.15) is 41.6 Å². The van der Waals surface area contributed by atoms with E-state index in [4.69, 9.17) is 5.41 Å². The predicted octanol–water partition coefficient (Wildman–Crippen LogP) is 5.52. The summed E-state index contributed by atoms with van der Waals surface area (Å²) in [6, 6.07) is 12.0. The van der Waals surface area contributed by atoms with E-state index in [2.05, 4.69) is 10.6 Å². The van der Waals surface area contributed by atoms with Gasteiger partial charge in [0, 0.05) is 28.6 Å². The van der Waals surface area contributed by atoms with Gasteiger partial charge in [-0.1, -0.05) is 18.2 Å². The van der Waals surface area contributed by atoms with E-state index in [1.807, 2.05) is 25.1 Å². The normalized spacial score (nSPS) is 16.6. The van der Waals surface area contributed by atoms with E-state index >= 15 is 0 Å². The summed E-state index contributed by atoms with van der Waals surface area (Å²) in [7, 11) is 0. The largest absolute Gasteiger partial charge is 0.356 e. The van der Waals surface area contributed by atoms with Gasteiger partial charge in [0.15, 0.2) is 0 Å². The van der Waals surface area contributed by atoms with Gasteiger partial charge < -0.3 is 16.0 Å². The van der Waals surface area contributed by atoms with Gasteiger partial charge >= 0.3 is 0 Å². The van der Waals surface area contributed by atoms with Crippen LogP contribution < -0.4 is 10.6 Å². The molecule has 2 fully saturated rings. The number of carbonyl (C=O) groups is 1. The Kier molecular flexibility index (Phi) is 4.99. The molecule has 0 heterocycles. The summed E-state index contributed by atoms with van der Waals surface area (Å²) in [5.74, 6) is 0.0834. The quantitative estimate of drug-likeness (QED) is 0.556. The molecule has 2 saturated carbocycles. The molecule has 5 heteroatoms. The highest BCUT2D eigenvalue weighted by Gasteiger charge is 2.30. The first kappa shape index (κ1) is 18.4. The molecular weight excluding hydrogens is 353 g/mol. The monoisotopic (exact) mass is 377 g/mol. The molecule has 0 atom stereocenters. The van der Waals surface area contributed by atoms with E-state index in [0.29, 0.717) is 34.5 Å². The Morgan fingerprint density at radius 2 is 1.79 bits per heavy atom. The second-order valence-corrected chi connectivity index (χ2v) is 7.69. The van der Waals surface area contributed by atoms with Gasteiger partial charge in [0.1, 0.15) is 5.82 Å². The molecule has 2 aliphatic carbocycles. The Hall–Kier alpha value is -2.95. The van der Waals surface area contributed by atoms with Crippen LogP contribution in [0.25, 0.3) is 0 Å². The summed E-state index contributed by atoms with van der Waals surface area (Å²) >= 11 is 0. The van der Waals surface area contributed by atoms with Crippen molar-refractivity contribution in [2.24, 2.45) is 11.8 Å². The number of benzene rings is 2. The van der Waals surface area contributed by atoms with E-state index in [9.17, 15) is 9.18 Å². The van der Waals surface area contributed by atoms with E-state index in [0.717, 1.165) is 36.9 Å². The van der Waals surface area contributed by atoms with Crippen molar-refractivity contribution in [1.82, 2.24) is 0 Å². The number of anilines is 2. The molecule has 28 heavy (non-hydrogen) atoms. The maximum atomic E-state index is 14.6. The molecule has 0 unspecified atom stereocenters. The van der Waals surface area contributed by atoms with Gasteiger partial charge in [-0.3, -0.25) is 4.79 Å². The molecule has 2 aromatic carbocycles. The number of allylic oxidation sites excluding steroid dienone is 2.